The van der Waals surface area contributed by atoms with Crippen LogP contribution in [0.2, 0.25) is 0 Å². The molecule has 18 heavy (non-hydrogen) atoms. The van der Waals surface area contributed by atoms with E-state index in [2.05, 4.69) is 29.3 Å². The van der Waals surface area contributed by atoms with E-state index in [1.807, 2.05) is 11.3 Å². The van der Waals surface area contributed by atoms with Crippen molar-refractivity contribution in [3.63, 3.8) is 0 Å². The lowest BCUT2D eigenvalue weighted by Gasteiger charge is -2.49. The number of thiophene rings is 1. The zero-order chi connectivity index (χ0) is 12.4. The van der Waals surface area contributed by atoms with Gasteiger partial charge in [0.25, 0.3) is 0 Å². The molecule has 2 heteroatoms. The fraction of sp³-hybridized carbons (Fsp3) is 0.750. The average Bonchev–Trinajstić information content (AvgIpc) is 2.94. The fourth-order valence-corrected chi connectivity index (χ4v) is 4.99. The average molecular weight is 263 g/mol. The summed E-state index contributed by atoms with van der Waals surface area (Å²) in [6.07, 6.45) is 9.88. The van der Waals surface area contributed by atoms with Crippen molar-refractivity contribution >= 4 is 11.3 Å². The summed E-state index contributed by atoms with van der Waals surface area (Å²) in [7, 11) is 0. The van der Waals surface area contributed by atoms with Gasteiger partial charge in [-0.2, -0.15) is 0 Å². The largest absolute Gasteiger partial charge is 0.293 e. The van der Waals surface area contributed by atoms with Crippen molar-refractivity contribution in [3.8, 4) is 0 Å². The van der Waals surface area contributed by atoms with Gasteiger partial charge in [-0.15, -0.1) is 11.3 Å². The predicted molar refractivity (Wildman–Crippen MR) is 79.1 cm³/mol. The summed E-state index contributed by atoms with van der Waals surface area (Å²) in [5.41, 5.74) is 0.404. The van der Waals surface area contributed by atoms with Gasteiger partial charge >= 0.3 is 0 Å². The van der Waals surface area contributed by atoms with Gasteiger partial charge in [0, 0.05) is 11.4 Å². The number of piperidine rings is 1. The monoisotopic (exact) mass is 263 g/mol. The van der Waals surface area contributed by atoms with E-state index in [9.17, 15) is 0 Å². The van der Waals surface area contributed by atoms with E-state index >= 15 is 0 Å². The first-order chi connectivity index (χ1) is 8.81. The number of hydrogen-bond donors (Lipinski definition) is 0. The van der Waals surface area contributed by atoms with Gasteiger partial charge in [-0.3, -0.25) is 4.90 Å². The Balaban J connectivity index is 1.89. The van der Waals surface area contributed by atoms with Crippen LogP contribution in [0, 0.1) is 5.92 Å². The van der Waals surface area contributed by atoms with Gasteiger partial charge in [-0.05, 0) is 49.6 Å². The van der Waals surface area contributed by atoms with Crippen molar-refractivity contribution in [1.29, 1.82) is 0 Å². The molecule has 1 aromatic heterocycles. The molecule has 0 N–H and O–H groups in total. The fourth-order valence-electron chi connectivity index (χ4n) is 3.98. The van der Waals surface area contributed by atoms with Gasteiger partial charge in [0.05, 0.1) is 5.54 Å². The topological polar surface area (TPSA) is 3.24 Å². The van der Waals surface area contributed by atoms with E-state index in [-0.39, 0.29) is 0 Å². The molecule has 0 bridgehead atoms. The summed E-state index contributed by atoms with van der Waals surface area (Å²) < 4.78 is 0. The Labute approximate surface area is 115 Å². The van der Waals surface area contributed by atoms with E-state index in [0.717, 1.165) is 5.92 Å². The Kier molecular flexibility index (Phi) is 3.76. The van der Waals surface area contributed by atoms with Gasteiger partial charge < -0.3 is 0 Å². The lowest BCUT2D eigenvalue weighted by molar-refractivity contribution is 0.0165. The second-order valence-electron chi connectivity index (χ2n) is 6.26. The van der Waals surface area contributed by atoms with E-state index in [1.54, 1.807) is 4.88 Å². The third kappa shape index (κ3) is 2.25. The lowest BCUT2D eigenvalue weighted by Crippen LogP contribution is -2.51. The summed E-state index contributed by atoms with van der Waals surface area (Å²) >= 11 is 1.98. The van der Waals surface area contributed by atoms with Crippen molar-refractivity contribution in [2.75, 3.05) is 13.1 Å². The molecule has 1 aliphatic carbocycles. The molecule has 1 atom stereocenters. The van der Waals surface area contributed by atoms with Crippen LogP contribution in [0.3, 0.4) is 0 Å². The minimum atomic E-state index is 0.404. The molecule has 0 amide bonds. The van der Waals surface area contributed by atoms with Crippen LogP contribution in [0.25, 0.3) is 0 Å². The molecule has 0 radical (unpaired) electrons. The zero-order valence-corrected chi connectivity index (χ0v) is 12.3. The Morgan fingerprint density at radius 3 is 2.72 bits per heavy atom. The summed E-state index contributed by atoms with van der Waals surface area (Å²) in [6, 6.07) is 4.62. The Morgan fingerprint density at radius 2 is 2.06 bits per heavy atom. The first kappa shape index (κ1) is 12.7. The second-order valence-corrected chi connectivity index (χ2v) is 7.21. The predicted octanol–water partition coefficient (Wildman–Crippen LogP) is 4.64. The van der Waals surface area contributed by atoms with Crippen LogP contribution >= 0.6 is 11.3 Å². The SMILES string of the molecule is CC1CCCN(C2(c3cccs3)CCCCC2)C1. The van der Waals surface area contributed by atoms with Crippen LogP contribution in [0.1, 0.15) is 56.7 Å². The maximum absolute atomic E-state index is 2.84. The van der Waals surface area contributed by atoms with E-state index in [0.29, 0.717) is 5.54 Å². The van der Waals surface area contributed by atoms with Crippen molar-refractivity contribution in [2.45, 2.75) is 57.4 Å². The van der Waals surface area contributed by atoms with E-state index in [1.165, 1.54) is 58.0 Å². The van der Waals surface area contributed by atoms with Crippen LogP contribution in [0.5, 0.6) is 0 Å². The molecule has 2 fully saturated rings. The Hall–Kier alpha value is -0.340. The maximum Gasteiger partial charge on any atom is 0.0553 e. The molecule has 1 saturated carbocycles. The smallest absolute Gasteiger partial charge is 0.0553 e. The quantitative estimate of drug-likeness (QED) is 0.751. The van der Waals surface area contributed by atoms with Gasteiger partial charge in [0.2, 0.25) is 0 Å². The molecular formula is C16H25NS. The summed E-state index contributed by atoms with van der Waals surface area (Å²) in [5.74, 6) is 0.887. The molecule has 0 aromatic carbocycles. The molecule has 100 valence electrons. The Bertz CT molecular complexity index is 364. The Morgan fingerprint density at radius 1 is 1.22 bits per heavy atom. The van der Waals surface area contributed by atoms with Gasteiger partial charge in [-0.25, -0.2) is 0 Å². The highest BCUT2D eigenvalue weighted by molar-refractivity contribution is 7.10. The van der Waals surface area contributed by atoms with Crippen molar-refractivity contribution in [1.82, 2.24) is 4.90 Å². The van der Waals surface area contributed by atoms with Crippen LogP contribution in [0.15, 0.2) is 17.5 Å². The third-order valence-corrected chi connectivity index (χ3v) is 5.99. The lowest BCUT2D eigenvalue weighted by atomic mass is 9.77. The summed E-state index contributed by atoms with van der Waals surface area (Å²) in [4.78, 5) is 4.47. The molecular weight excluding hydrogens is 238 g/mol. The van der Waals surface area contributed by atoms with Crippen LogP contribution in [-0.2, 0) is 5.54 Å². The third-order valence-electron chi connectivity index (χ3n) is 4.92. The number of rotatable bonds is 2. The molecule has 1 saturated heterocycles. The normalized spacial score (nSPS) is 29.3. The van der Waals surface area contributed by atoms with Gasteiger partial charge in [0.1, 0.15) is 0 Å². The minimum absolute atomic E-state index is 0.404. The number of nitrogens with zero attached hydrogens (tertiary/aromatic N) is 1. The van der Waals surface area contributed by atoms with Crippen molar-refractivity contribution in [2.24, 2.45) is 5.92 Å². The highest BCUT2D eigenvalue weighted by Gasteiger charge is 2.41. The highest BCUT2D eigenvalue weighted by atomic mass is 32.1. The maximum atomic E-state index is 2.84. The molecule has 1 aliphatic heterocycles. The number of likely N-dealkylation sites (tertiary alicyclic amines) is 1. The number of hydrogen-bond acceptors (Lipinski definition) is 2. The molecule has 1 unspecified atom stereocenters. The van der Waals surface area contributed by atoms with Crippen LogP contribution in [0.4, 0.5) is 0 Å². The first-order valence-corrected chi connectivity index (χ1v) is 8.48. The molecule has 3 rings (SSSR count). The molecule has 1 nitrogen and oxygen atoms in total. The highest BCUT2D eigenvalue weighted by Crippen LogP contribution is 2.45. The molecule has 1 aromatic rings. The minimum Gasteiger partial charge on any atom is -0.293 e. The van der Waals surface area contributed by atoms with Gasteiger partial charge in [-0.1, -0.05) is 32.3 Å². The van der Waals surface area contributed by atoms with E-state index < -0.39 is 0 Å². The van der Waals surface area contributed by atoms with Gasteiger partial charge in [0.15, 0.2) is 0 Å². The molecule has 0 spiro atoms. The molecule has 2 heterocycles. The van der Waals surface area contributed by atoms with Crippen LogP contribution < -0.4 is 0 Å². The van der Waals surface area contributed by atoms with Crippen LogP contribution in [-0.4, -0.2) is 18.0 Å². The van der Waals surface area contributed by atoms with E-state index in [4.69, 9.17) is 0 Å². The molecule has 2 aliphatic rings. The second kappa shape index (κ2) is 5.34. The van der Waals surface area contributed by atoms with Crippen molar-refractivity contribution < 1.29 is 0 Å². The summed E-state index contributed by atoms with van der Waals surface area (Å²) in [6.45, 7) is 5.07. The zero-order valence-electron chi connectivity index (χ0n) is 11.5. The first-order valence-electron chi connectivity index (χ1n) is 7.60. The standard InChI is InChI=1S/C16H25NS/c1-14-7-5-11-17(13-14)16(9-3-2-4-10-16)15-8-6-12-18-15/h6,8,12,14H,2-5,7,9-11,13H2,1H3. The van der Waals surface area contributed by atoms with Crippen molar-refractivity contribution in [3.05, 3.63) is 22.4 Å². The summed E-state index contributed by atoms with van der Waals surface area (Å²) in [5, 5.41) is 2.26.